The van der Waals surface area contributed by atoms with Crippen molar-refractivity contribution in [3.05, 3.63) is 28.0 Å². The van der Waals surface area contributed by atoms with Crippen LogP contribution in [0, 0.1) is 5.82 Å². The highest BCUT2D eigenvalue weighted by Crippen LogP contribution is 2.29. The summed E-state index contributed by atoms with van der Waals surface area (Å²) in [6.45, 7) is 1.48. The van der Waals surface area contributed by atoms with E-state index in [1.54, 1.807) is 0 Å². The van der Waals surface area contributed by atoms with Gasteiger partial charge in [0.1, 0.15) is 17.1 Å². The molecule has 1 unspecified atom stereocenters. The van der Waals surface area contributed by atoms with Crippen LogP contribution in [-0.4, -0.2) is 23.6 Å². The van der Waals surface area contributed by atoms with E-state index in [9.17, 15) is 18.0 Å². The van der Waals surface area contributed by atoms with Crippen molar-refractivity contribution in [1.29, 1.82) is 0 Å². The fourth-order valence-electron chi connectivity index (χ4n) is 1.27. The highest BCUT2D eigenvalue weighted by Gasteiger charge is 2.24. The van der Waals surface area contributed by atoms with Crippen LogP contribution >= 0.6 is 15.9 Å². The molecule has 0 aliphatic carbocycles. The first-order valence-corrected chi connectivity index (χ1v) is 5.83. The molecule has 3 nitrogen and oxygen atoms in total. The van der Waals surface area contributed by atoms with Crippen LogP contribution in [0.4, 0.5) is 13.2 Å². The molecular weight excluding hydrogens is 317 g/mol. The third-order valence-electron chi connectivity index (χ3n) is 2.21. The van der Waals surface area contributed by atoms with Crippen LogP contribution in [0.15, 0.2) is 16.6 Å². The number of hydrogen-bond donors (Lipinski definition) is 1. The number of hydrogen-bond acceptors (Lipinski definition) is 2. The minimum absolute atomic E-state index is 0.00568. The van der Waals surface area contributed by atoms with E-state index in [0.717, 1.165) is 12.1 Å². The van der Waals surface area contributed by atoms with E-state index in [1.807, 2.05) is 0 Å². The second-order valence-corrected chi connectivity index (χ2v) is 4.32. The monoisotopic (exact) mass is 326 g/mol. The number of ether oxygens (including phenoxy) is 1. The molecule has 0 fully saturated rings. The number of aromatic carboxylic acids is 1. The molecule has 1 N–H and O–H groups in total. The van der Waals surface area contributed by atoms with Crippen molar-refractivity contribution in [3.8, 4) is 5.75 Å². The molecule has 0 spiro atoms. The smallest absolute Gasteiger partial charge is 0.339 e. The molecule has 1 aromatic carbocycles. The molecule has 0 aliphatic rings. The van der Waals surface area contributed by atoms with Gasteiger partial charge in [-0.2, -0.15) is 0 Å². The molecule has 0 amide bonds. The molecule has 1 aromatic rings. The third kappa shape index (κ3) is 3.38. The maximum Gasteiger partial charge on any atom is 0.339 e. The summed E-state index contributed by atoms with van der Waals surface area (Å²) in [4.78, 5) is 10.9. The SMILES string of the molecule is CCC(Oc1cc(Br)c(F)cc1C(=O)O)C(F)F. The average Bonchev–Trinajstić information content (AvgIpc) is 2.29. The first kappa shape index (κ1) is 14.8. The van der Waals surface area contributed by atoms with E-state index < -0.39 is 29.9 Å². The summed E-state index contributed by atoms with van der Waals surface area (Å²) in [5.74, 6) is -2.53. The molecule has 7 heteroatoms. The van der Waals surface area contributed by atoms with Crippen molar-refractivity contribution in [3.63, 3.8) is 0 Å². The topological polar surface area (TPSA) is 46.5 Å². The van der Waals surface area contributed by atoms with Gasteiger partial charge in [0.2, 0.25) is 0 Å². The van der Waals surface area contributed by atoms with Crippen molar-refractivity contribution in [2.75, 3.05) is 0 Å². The molecule has 1 atom stereocenters. The Labute approximate surface area is 110 Å². The van der Waals surface area contributed by atoms with Crippen LogP contribution in [0.1, 0.15) is 23.7 Å². The first-order valence-electron chi connectivity index (χ1n) is 5.04. The Balaban J connectivity index is 3.14. The zero-order valence-electron chi connectivity index (χ0n) is 9.29. The van der Waals surface area contributed by atoms with E-state index >= 15 is 0 Å². The van der Waals surface area contributed by atoms with Crippen LogP contribution in [0.3, 0.4) is 0 Å². The Hall–Kier alpha value is -1.24. The van der Waals surface area contributed by atoms with E-state index in [4.69, 9.17) is 9.84 Å². The molecule has 0 heterocycles. The number of alkyl halides is 2. The molecule has 0 saturated heterocycles. The van der Waals surface area contributed by atoms with Gasteiger partial charge in [0, 0.05) is 0 Å². The summed E-state index contributed by atoms with van der Waals surface area (Å²) in [7, 11) is 0. The quantitative estimate of drug-likeness (QED) is 0.897. The number of carboxylic acid groups (broad SMARTS) is 1. The minimum Gasteiger partial charge on any atom is -0.484 e. The van der Waals surface area contributed by atoms with Crippen LogP contribution in [0.5, 0.6) is 5.75 Å². The summed E-state index contributed by atoms with van der Waals surface area (Å²) < 4.78 is 43.1. The number of benzene rings is 1. The Morgan fingerprint density at radius 1 is 1.50 bits per heavy atom. The van der Waals surface area contributed by atoms with Gasteiger partial charge in [-0.1, -0.05) is 6.92 Å². The molecule has 1 rings (SSSR count). The second kappa shape index (κ2) is 6.08. The fraction of sp³-hybridized carbons (Fsp3) is 0.364. The lowest BCUT2D eigenvalue weighted by molar-refractivity contribution is 0.00889. The van der Waals surface area contributed by atoms with E-state index in [-0.39, 0.29) is 16.6 Å². The van der Waals surface area contributed by atoms with Crippen LogP contribution < -0.4 is 4.74 Å². The lowest BCUT2D eigenvalue weighted by Crippen LogP contribution is -2.25. The van der Waals surface area contributed by atoms with E-state index in [1.165, 1.54) is 6.92 Å². The number of carbonyl (C=O) groups is 1. The molecule has 0 saturated carbocycles. The number of rotatable bonds is 5. The predicted molar refractivity (Wildman–Crippen MR) is 61.8 cm³/mol. The lowest BCUT2D eigenvalue weighted by atomic mass is 10.2. The standard InChI is InChI=1S/C11H10BrF3O3/c1-2-8(10(14)15)18-9-4-6(12)7(13)3-5(9)11(16)17/h3-4,8,10H,2H2,1H3,(H,16,17). The Morgan fingerprint density at radius 3 is 2.56 bits per heavy atom. The van der Waals surface area contributed by atoms with Gasteiger partial charge in [0.25, 0.3) is 6.43 Å². The van der Waals surface area contributed by atoms with Crippen molar-refractivity contribution in [1.82, 2.24) is 0 Å². The zero-order chi connectivity index (χ0) is 13.9. The van der Waals surface area contributed by atoms with Gasteiger partial charge in [0.15, 0.2) is 6.10 Å². The fourth-order valence-corrected chi connectivity index (χ4v) is 1.59. The van der Waals surface area contributed by atoms with Gasteiger partial charge in [0.05, 0.1) is 4.47 Å². The third-order valence-corrected chi connectivity index (χ3v) is 2.82. The van der Waals surface area contributed by atoms with Gasteiger partial charge < -0.3 is 9.84 Å². The van der Waals surface area contributed by atoms with Gasteiger partial charge in [-0.15, -0.1) is 0 Å². The van der Waals surface area contributed by atoms with Crippen LogP contribution in [-0.2, 0) is 0 Å². The molecule has 0 radical (unpaired) electrons. The van der Waals surface area contributed by atoms with Crippen LogP contribution in [0.2, 0.25) is 0 Å². The number of halogens is 4. The van der Waals surface area contributed by atoms with Crippen molar-refractivity contribution < 1.29 is 27.8 Å². The minimum atomic E-state index is -2.75. The number of carboxylic acids is 1. The Kier molecular flexibility index (Phi) is 5.01. The summed E-state index contributed by atoms with van der Waals surface area (Å²) >= 11 is 2.84. The highest BCUT2D eigenvalue weighted by atomic mass is 79.9. The van der Waals surface area contributed by atoms with Crippen molar-refractivity contribution >= 4 is 21.9 Å². The van der Waals surface area contributed by atoms with Gasteiger partial charge >= 0.3 is 5.97 Å². The summed E-state index contributed by atoms with van der Waals surface area (Å²) in [6, 6.07) is 1.75. The molecular formula is C11H10BrF3O3. The summed E-state index contributed by atoms with van der Waals surface area (Å²) in [5, 5.41) is 8.86. The van der Waals surface area contributed by atoms with E-state index in [2.05, 4.69) is 15.9 Å². The first-order chi connectivity index (χ1) is 8.36. The van der Waals surface area contributed by atoms with Crippen molar-refractivity contribution in [2.24, 2.45) is 0 Å². The average molecular weight is 327 g/mol. The predicted octanol–water partition coefficient (Wildman–Crippen LogP) is 3.71. The summed E-state index contributed by atoms with van der Waals surface area (Å²) in [6.07, 6.45) is -4.17. The van der Waals surface area contributed by atoms with Gasteiger partial charge in [-0.05, 0) is 34.5 Å². The molecule has 100 valence electrons. The second-order valence-electron chi connectivity index (χ2n) is 3.47. The zero-order valence-corrected chi connectivity index (χ0v) is 10.9. The van der Waals surface area contributed by atoms with Crippen molar-refractivity contribution in [2.45, 2.75) is 25.9 Å². The van der Waals surface area contributed by atoms with Gasteiger partial charge in [-0.25, -0.2) is 18.0 Å². The van der Waals surface area contributed by atoms with Crippen LogP contribution in [0.25, 0.3) is 0 Å². The normalized spacial score (nSPS) is 12.6. The maximum atomic E-state index is 13.2. The molecule has 0 aromatic heterocycles. The van der Waals surface area contributed by atoms with E-state index in [0.29, 0.717) is 0 Å². The maximum absolute atomic E-state index is 13.2. The Morgan fingerprint density at radius 2 is 2.11 bits per heavy atom. The molecule has 0 aliphatic heterocycles. The molecule has 0 bridgehead atoms. The lowest BCUT2D eigenvalue weighted by Gasteiger charge is -2.18. The summed E-state index contributed by atoms with van der Waals surface area (Å²) in [5.41, 5.74) is -0.491. The van der Waals surface area contributed by atoms with Gasteiger partial charge in [-0.3, -0.25) is 0 Å². The highest BCUT2D eigenvalue weighted by molar-refractivity contribution is 9.10. The largest absolute Gasteiger partial charge is 0.484 e. The molecule has 18 heavy (non-hydrogen) atoms. The Bertz CT molecular complexity index is 451.